The van der Waals surface area contributed by atoms with Crippen molar-refractivity contribution in [1.29, 1.82) is 0 Å². The summed E-state index contributed by atoms with van der Waals surface area (Å²) in [6, 6.07) is 7.80. The van der Waals surface area contributed by atoms with E-state index in [0.29, 0.717) is 0 Å². The molecule has 104 valence electrons. The van der Waals surface area contributed by atoms with Crippen LogP contribution in [0.25, 0.3) is 0 Å². The Labute approximate surface area is 111 Å². The zero-order valence-corrected chi connectivity index (χ0v) is 9.89. The van der Waals surface area contributed by atoms with Crippen molar-refractivity contribution in [2.24, 2.45) is 0 Å². The second-order valence-corrected chi connectivity index (χ2v) is 3.74. The highest BCUT2D eigenvalue weighted by Gasteiger charge is 2.33. The Morgan fingerprint density at radius 1 is 1.15 bits per heavy atom. The van der Waals surface area contributed by atoms with Gasteiger partial charge < -0.3 is 9.84 Å². The topological polar surface area (TPSA) is 59.4 Å². The first-order valence-corrected chi connectivity index (χ1v) is 5.42. The van der Waals surface area contributed by atoms with Crippen molar-refractivity contribution < 1.29 is 27.8 Å². The third kappa shape index (κ3) is 3.05. The molecule has 0 saturated carbocycles. The first kappa shape index (κ1) is 13.9. The van der Waals surface area contributed by atoms with Gasteiger partial charge in [0, 0.05) is 6.20 Å². The number of ketones is 1. The minimum Gasteiger partial charge on any atom is -0.504 e. The predicted molar refractivity (Wildman–Crippen MR) is 62.5 cm³/mol. The van der Waals surface area contributed by atoms with E-state index in [0.717, 1.165) is 6.07 Å². The Bertz CT molecular complexity index is 627. The fourth-order valence-corrected chi connectivity index (χ4v) is 1.55. The molecule has 0 aliphatic carbocycles. The van der Waals surface area contributed by atoms with Crippen LogP contribution in [0.15, 0.2) is 42.6 Å². The first-order valence-electron chi connectivity index (χ1n) is 5.42. The number of aromatic nitrogens is 1. The minimum absolute atomic E-state index is 0.00644. The lowest BCUT2D eigenvalue weighted by Crippen LogP contribution is -2.17. The highest BCUT2D eigenvalue weighted by molar-refractivity contribution is 6.09. The standard InChI is InChI=1S/C13H8F3NO3/c14-13(15,16)20-10-6-3-4-8(12(10)19)11(18)9-5-1-2-7-17-9/h1-7,19H. The molecule has 1 N–H and O–H groups in total. The molecule has 0 atom stereocenters. The molecule has 4 nitrogen and oxygen atoms in total. The predicted octanol–water partition coefficient (Wildman–Crippen LogP) is 2.92. The maximum absolute atomic E-state index is 12.1. The summed E-state index contributed by atoms with van der Waals surface area (Å²) >= 11 is 0. The van der Waals surface area contributed by atoms with Crippen molar-refractivity contribution >= 4 is 5.78 Å². The SMILES string of the molecule is O=C(c1ccccn1)c1cccc(OC(F)(F)F)c1O. The Hall–Kier alpha value is -2.57. The number of ether oxygens (including phenoxy) is 1. The largest absolute Gasteiger partial charge is 0.573 e. The lowest BCUT2D eigenvalue weighted by Gasteiger charge is -2.12. The number of hydrogen-bond donors (Lipinski definition) is 1. The molecule has 0 aliphatic heterocycles. The molecule has 0 spiro atoms. The van der Waals surface area contributed by atoms with Gasteiger partial charge in [-0.1, -0.05) is 12.1 Å². The van der Waals surface area contributed by atoms with Gasteiger partial charge >= 0.3 is 6.36 Å². The van der Waals surface area contributed by atoms with Crippen molar-refractivity contribution in [2.75, 3.05) is 0 Å². The van der Waals surface area contributed by atoms with E-state index in [-0.39, 0.29) is 11.3 Å². The Balaban J connectivity index is 2.39. The van der Waals surface area contributed by atoms with Crippen molar-refractivity contribution in [3.63, 3.8) is 0 Å². The van der Waals surface area contributed by atoms with Crippen LogP contribution in [-0.2, 0) is 0 Å². The number of aromatic hydroxyl groups is 1. The summed E-state index contributed by atoms with van der Waals surface area (Å²) in [5.74, 6) is -2.41. The van der Waals surface area contributed by atoms with Crippen LogP contribution < -0.4 is 4.74 Å². The van der Waals surface area contributed by atoms with E-state index in [1.807, 2.05) is 0 Å². The second kappa shape index (κ2) is 5.20. The maximum Gasteiger partial charge on any atom is 0.573 e. The number of pyridine rings is 1. The van der Waals surface area contributed by atoms with E-state index in [1.54, 1.807) is 12.1 Å². The number of phenolic OH excluding ortho intramolecular Hbond substituents is 1. The number of hydrogen-bond acceptors (Lipinski definition) is 4. The number of carbonyl (C=O) groups excluding carboxylic acids is 1. The van der Waals surface area contributed by atoms with Gasteiger partial charge in [-0.2, -0.15) is 0 Å². The van der Waals surface area contributed by atoms with E-state index in [9.17, 15) is 23.1 Å². The summed E-state index contributed by atoms with van der Waals surface area (Å²) in [4.78, 5) is 15.8. The number of halogens is 3. The zero-order valence-electron chi connectivity index (χ0n) is 9.89. The Morgan fingerprint density at radius 3 is 2.50 bits per heavy atom. The van der Waals surface area contributed by atoms with Gasteiger partial charge in [0.1, 0.15) is 5.69 Å². The van der Waals surface area contributed by atoms with Crippen LogP contribution in [0.2, 0.25) is 0 Å². The van der Waals surface area contributed by atoms with E-state index < -0.39 is 23.6 Å². The molecule has 0 radical (unpaired) electrons. The van der Waals surface area contributed by atoms with Crippen molar-refractivity contribution in [2.45, 2.75) is 6.36 Å². The quantitative estimate of drug-likeness (QED) is 0.880. The van der Waals surface area contributed by atoms with Crippen LogP contribution in [0.1, 0.15) is 16.1 Å². The average molecular weight is 283 g/mol. The monoisotopic (exact) mass is 283 g/mol. The Kier molecular flexibility index (Phi) is 3.60. The molecular formula is C13H8F3NO3. The highest BCUT2D eigenvalue weighted by Crippen LogP contribution is 2.34. The highest BCUT2D eigenvalue weighted by atomic mass is 19.4. The second-order valence-electron chi connectivity index (χ2n) is 3.74. The summed E-state index contributed by atoms with van der Waals surface area (Å²) in [5.41, 5.74) is -0.308. The fourth-order valence-electron chi connectivity index (χ4n) is 1.55. The van der Waals surface area contributed by atoms with Gasteiger partial charge in [-0.05, 0) is 24.3 Å². The summed E-state index contributed by atoms with van der Waals surface area (Å²) in [5, 5.41) is 9.71. The number of rotatable bonds is 3. The normalized spacial score (nSPS) is 11.2. The molecule has 0 bridgehead atoms. The number of phenols is 1. The summed E-state index contributed by atoms with van der Waals surface area (Å²) in [6.45, 7) is 0. The first-order chi connectivity index (χ1) is 9.38. The molecule has 2 aromatic rings. The third-order valence-electron chi connectivity index (χ3n) is 2.37. The minimum atomic E-state index is -4.95. The van der Waals surface area contributed by atoms with E-state index in [1.165, 1.54) is 24.4 Å². The fraction of sp³-hybridized carbons (Fsp3) is 0.0769. The van der Waals surface area contributed by atoms with Crippen molar-refractivity contribution in [3.05, 3.63) is 53.9 Å². The van der Waals surface area contributed by atoms with Crippen molar-refractivity contribution in [3.8, 4) is 11.5 Å². The molecule has 0 amide bonds. The number of carbonyl (C=O) groups is 1. The smallest absolute Gasteiger partial charge is 0.504 e. The van der Waals surface area contributed by atoms with Crippen LogP contribution >= 0.6 is 0 Å². The summed E-state index contributed by atoms with van der Waals surface area (Å²) in [7, 11) is 0. The molecular weight excluding hydrogens is 275 g/mol. The van der Waals surface area contributed by atoms with Crippen LogP contribution in [0.4, 0.5) is 13.2 Å². The Morgan fingerprint density at radius 2 is 1.90 bits per heavy atom. The maximum atomic E-state index is 12.1. The molecule has 1 aromatic carbocycles. The van der Waals surface area contributed by atoms with Gasteiger partial charge in [-0.15, -0.1) is 13.2 Å². The molecule has 1 aromatic heterocycles. The van der Waals surface area contributed by atoms with Crippen LogP contribution in [-0.4, -0.2) is 22.2 Å². The van der Waals surface area contributed by atoms with E-state index in [4.69, 9.17) is 0 Å². The lowest BCUT2D eigenvalue weighted by atomic mass is 10.1. The zero-order chi connectivity index (χ0) is 14.8. The van der Waals surface area contributed by atoms with Crippen molar-refractivity contribution in [1.82, 2.24) is 4.98 Å². The van der Waals surface area contributed by atoms with Gasteiger partial charge in [0.05, 0.1) is 5.56 Å². The van der Waals surface area contributed by atoms with Crippen LogP contribution in [0.5, 0.6) is 11.5 Å². The number of alkyl halides is 3. The molecule has 0 unspecified atom stereocenters. The molecule has 0 aliphatic rings. The average Bonchev–Trinajstić information content (AvgIpc) is 2.40. The molecule has 0 saturated heterocycles. The van der Waals surface area contributed by atoms with E-state index >= 15 is 0 Å². The lowest BCUT2D eigenvalue weighted by molar-refractivity contribution is -0.275. The van der Waals surface area contributed by atoms with Crippen LogP contribution in [0, 0.1) is 0 Å². The molecule has 0 fully saturated rings. The summed E-state index contributed by atoms with van der Waals surface area (Å²) < 4.78 is 40.1. The van der Waals surface area contributed by atoms with Gasteiger partial charge in [-0.3, -0.25) is 9.78 Å². The molecule has 20 heavy (non-hydrogen) atoms. The number of nitrogens with zero attached hydrogens (tertiary/aromatic N) is 1. The van der Waals surface area contributed by atoms with Gasteiger partial charge in [0.2, 0.25) is 5.78 Å². The summed E-state index contributed by atoms with van der Waals surface area (Å²) in [6.07, 6.45) is -3.59. The van der Waals surface area contributed by atoms with E-state index in [2.05, 4.69) is 9.72 Å². The van der Waals surface area contributed by atoms with Gasteiger partial charge in [0.15, 0.2) is 11.5 Å². The van der Waals surface area contributed by atoms with Crippen LogP contribution in [0.3, 0.4) is 0 Å². The van der Waals surface area contributed by atoms with Gasteiger partial charge in [0.25, 0.3) is 0 Å². The number of benzene rings is 1. The molecule has 1 heterocycles. The molecule has 7 heteroatoms. The molecule has 2 rings (SSSR count). The third-order valence-corrected chi connectivity index (χ3v) is 2.37. The van der Waals surface area contributed by atoms with Gasteiger partial charge in [-0.25, -0.2) is 0 Å². The number of para-hydroxylation sites is 1.